The van der Waals surface area contributed by atoms with E-state index in [9.17, 15) is 14.7 Å². The molecule has 0 radical (unpaired) electrons. The monoisotopic (exact) mass is 451 g/mol. The quantitative estimate of drug-likeness (QED) is 0.456. The maximum Gasteiger partial charge on any atom is 0.434 e. The maximum absolute atomic E-state index is 12.0. The highest BCUT2D eigenvalue weighted by atomic mass is 16.4. The molecule has 5 rings (SSSR count). The van der Waals surface area contributed by atoms with Gasteiger partial charge in [-0.05, 0) is 32.9 Å². The lowest BCUT2D eigenvalue weighted by atomic mass is 10.3. The number of amides is 2. The minimum Gasteiger partial charge on any atom is -0.463 e. The number of rotatable bonds is 5. The molecule has 3 aromatic heterocycles. The molecule has 1 aliphatic carbocycles. The predicted octanol–water partition coefficient (Wildman–Crippen LogP) is 1.94. The molecule has 2 amide bonds. The van der Waals surface area contributed by atoms with Crippen LogP contribution in [0.5, 0.6) is 0 Å². The highest BCUT2D eigenvalue weighted by Gasteiger charge is 2.57. The van der Waals surface area contributed by atoms with Crippen molar-refractivity contribution in [3.05, 3.63) is 30.1 Å². The largest absolute Gasteiger partial charge is 0.463 e. The molecule has 0 aromatic carbocycles. The zero-order valence-electron chi connectivity index (χ0n) is 18.5. The molecule has 3 aromatic rings. The zero-order chi connectivity index (χ0) is 23.3. The van der Waals surface area contributed by atoms with E-state index in [1.54, 1.807) is 25.3 Å². The standard InChI is InChI=1S/C21H25N9O3/c1-10(2)23-20(31)25-16-13-8-29(9-14(13)16)19-26-17-12(5-4-6-22-17)18(27-19)24-15-7-11(3)28-30(15)21(32)33/h4-7,10,13-14,16H,8-9H2,1-3H3,(H,32,33)(H2,23,25,31)(H,22,24,26,27)/t13-,14+,16?. The lowest BCUT2D eigenvalue weighted by molar-refractivity contribution is 0.193. The normalized spacial score (nSPS) is 21.2. The number of anilines is 3. The van der Waals surface area contributed by atoms with Gasteiger partial charge in [0.15, 0.2) is 5.65 Å². The minimum atomic E-state index is -1.19. The molecule has 12 heteroatoms. The van der Waals surface area contributed by atoms with Crippen molar-refractivity contribution < 1.29 is 14.7 Å². The Hall–Kier alpha value is -3.96. The molecule has 2 fully saturated rings. The Morgan fingerprint density at radius 2 is 1.97 bits per heavy atom. The second kappa shape index (κ2) is 7.87. The van der Waals surface area contributed by atoms with E-state index in [0.29, 0.717) is 46.1 Å². The topological polar surface area (TPSA) is 150 Å². The summed E-state index contributed by atoms with van der Waals surface area (Å²) in [7, 11) is 0. The van der Waals surface area contributed by atoms with E-state index in [2.05, 4.69) is 35.9 Å². The van der Waals surface area contributed by atoms with Crippen LogP contribution in [0.25, 0.3) is 11.0 Å². The number of pyridine rings is 1. The Morgan fingerprint density at radius 3 is 2.67 bits per heavy atom. The Bertz CT molecular complexity index is 1230. The van der Waals surface area contributed by atoms with Crippen LogP contribution < -0.4 is 20.9 Å². The summed E-state index contributed by atoms with van der Waals surface area (Å²) in [5, 5.41) is 23.1. The molecule has 33 heavy (non-hydrogen) atoms. The van der Waals surface area contributed by atoms with E-state index in [-0.39, 0.29) is 18.1 Å². The van der Waals surface area contributed by atoms with E-state index < -0.39 is 6.09 Å². The number of carbonyl (C=O) groups is 2. The number of urea groups is 1. The van der Waals surface area contributed by atoms with Crippen LogP contribution in [0.15, 0.2) is 24.4 Å². The summed E-state index contributed by atoms with van der Waals surface area (Å²) in [6.45, 7) is 7.02. The molecular formula is C21H25N9O3. The number of hydrogen-bond donors (Lipinski definition) is 4. The average Bonchev–Trinajstić information content (AvgIpc) is 3.09. The molecule has 1 unspecified atom stereocenters. The lowest BCUT2D eigenvalue weighted by Crippen LogP contribution is -2.43. The van der Waals surface area contributed by atoms with Crippen molar-refractivity contribution in [1.82, 2.24) is 35.4 Å². The third kappa shape index (κ3) is 3.99. The molecule has 1 saturated heterocycles. The van der Waals surface area contributed by atoms with Gasteiger partial charge in [-0.2, -0.15) is 15.1 Å². The molecule has 1 aliphatic heterocycles. The SMILES string of the molecule is Cc1cc(Nc2nc(N3C[C@@H]4C(NC(=O)NC(C)C)[C@@H]4C3)nc3ncccc23)n(C(=O)O)n1. The molecule has 3 atom stereocenters. The summed E-state index contributed by atoms with van der Waals surface area (Å²) in [6.07, 6.45) is 0.463. The first kappa shape index (κ1) is 20.9. The van der Waals surface area contributed by atoms with Crippen molar-refractivity contribution >= 4 is 40.7 Å². The summed E-state index contributed by atoms with van der Waals surface area (Å²) in [6, 6.07) is 5.35. The van der Waals surface area contributed by atoms with Crippen molar-refractivity contribution in [2.75, 3.05) is 23.3 Å². The Kier molecular flexibility index (Phi) is 4.99. The highest BCUT2D eigenvalue weighted by molar-refractivity contribution is 5.90. The number of carbonyl (C=O) groups excluding carboxylic acids is 1. The first-order valence-electron chi connectivity index (χ1n) is 10.8. The summed E-state index contributed by atoms with van der Waals surface area (Å²) < 4.78 is 0.878. The third-order valence-electron chi connectivity index (χ3n) is 5.91. The van der Waals surface area contributed by atoms with Gasteiger partial charge < -0.3 is 26.0 Å². The van der Waals surface area contributed by atoms with Gasteiger partial charge in [-0.3, -0.25) is 0 Å². The molecule has 2 aliphatic rings. The highest BCUT2D eigenvalue weighted by Crippen LogP contribution is 2.46. The van der Waals surface area contributed by atoms with Crippen LogP contribution in [-0.2, 0) is 0 Å². The van der Waals surface area contributed by atoms with Crippen LogP contribution in [0.1, 0.15) is 19.5 Å². The predicted molar refractivity (Wildman–Crippen MR) is 121 cm³/mol. The third-order valence-corrected chi connectivity index (χ3v) is 5.91. The number of hydrogen-bond acceptors (Lipinski definition) is 8. The number of aryl methyl sites for hydroxylation is 1. The molecule has 172 valence electrons. The van der Waals surface area contributed by atoms with Gasteiger partial charge >= 0.3 is 12.1 Å². The van der Waals surface area contributed by atoms with Crippen LogP contribution in [0.4, 0.5) is 27.2 Å². The number of nitrogens with one attached hydrogen (secondary N) is 3. The number of aromatic nitrogens is 5. The molecule has 4 heterocycles. The van der Waals surface area contributed by atoms with E-state index in [1.807, 2.05) is 19.9 Å². The van der Waals surface area contributed by atoms with Gasteiger partial charge in [0.1, 0.15) is 11.6 Å². The van der Waals surface area contributed by atoms with Gasteiger partial charge in [-0.25, -0.2) is 14.6 Å². The fourth-order valence-corrected chi connectivity index (χ4v) is 4.40. The zero-order valence-corrected chi connectivity index (χ0v) is 18.5. The van der Waals surface area contributed by atoms with Crippen molar-refractivity contribution in [1.29, 1.82) is 0 Å². The Labute approximate surface area is 189 Å². The minimum absolute atomic E-state index is 0.0886. The fourth-order valence-electron chi connectivity index (χ4n) is 4.40. The molecule has 0 bridgehead atoms. The van der Waals surface area contributed by atoms with Gasteiger partial charge in [0.2, 0.25) is 5.95 Å². The number of piperidine rings is 1. The van der Waals surface area contributed by atoms with E-state index in [0.717, 1.165) is 17.8 Å². The van der Waals surface area contributed by atoms with Gasteiger partial charge in [-0.15, -0.1) is 4.68 Å². The first-order chi connectivity index (χ1) is 15.8. The van der Waals surface area contributed by atoms with Crippen LogP contribution in [0.3, 0.4) is 0 Å². The number of fused-ring (bicyclic) bond motifs is 2. The summed E-state index contributed by atoms with van der Waals surface area (Å²) in [5.41, 5.74) is 1.07. The van der Waals surface area contributed by atoms with Crippen LogP contribution in [0, 0.1) is 18.8 Å². The van der Waals surface area contributed by atoms with Gasteiger partial charge in [-0.1, -0.05) is 0 Å². The van der Waals surface area contributed by atoms with Gasteiger partial charge in [0, 0.05) is 49.3 Å². The molecule has 0 spiro atoms. The maximum atomic E-state index is 12.0. The average molecular weight is 451 g/mol. The van der Waals surface area contributed by atoms with Crippen molar-refractivity contribution in [3.8, 4) is 0 Å². The van der Waals surface area contributed by atoms with Crippen LogP contribution in [0.2, 0.25) is 0 Å². The molecule has 1 saturated carbocycles. The van der Waals surface area contributed by atoms with Crippen molar-refractivity contribution in [3.63, 3.8) is 0 Å². The lowest BCUT2D eigenvalue weighted by Gasteiger charge is -2.21. The molecule has 4 N–H and O–H groups in total. The second-order valence-electron chi connectivity index (χ2n) is 8.77. The Balaban J connectivity index is 1.37. The first-order valence-corrected chi connectivity index (χ1v) is 10.8. The van der Waals surface area contributed by atoms with E-state index >= 15 is 0 Å². The molecule has 12 nitrogen and oxygen atoms in total. The number of nitrogens with zero attached hydrogens (tertiary/aromatic N) is 6. The molecular weight excluding hydrogens is 426 g/mol. The summed E-state index contributed by atoms with van der Waals surface area (Å²) in [5.74, 6) is 1.95. The van der Waals surface area contributed by atoms with E-state index in [4.69, 9.17) is 4.98 Å². The fraction of sp³-hybridized carbons (Fsp3) is 0.429. The van der Waals surface area contributed by atoms with E-state index in [1.165, 1.54) is 0 Å². The van der Waals surface area contributed by atoms with Gasteiger partial charge in [0.05, 0.1) is 11.1 Å². The Morgan fingerprint density at radius 1 is 1.21 bits per heavy atom. The summed E-state index contributed by atoms with van der Waals surface area (Å²) in [4.78, 5) is 39.3. The summed E-state index contributed by atoms with van der Waals surface area (Å²) >= 11 is 0. The number of carboxylic acid groups (broad SMARTS) is 1. The van der Waals surface area contributed by atoms with Crippen molar-refractivity contribution in [2.24, 2.45) is 11.8 Å². The van der Waals surface area contributed by atoms with Crippen LogP contribution >= 0.6 is 0 Å². The van der Waals surface area contributed by atoms with Crippen molar-refractivity contribution in [2.45, 2.75) is 32.9 Å². The second-order valence-corrected chi connectivity index (χ2v) is 8.77. The smallest absolute Gasteiger partial charge is 0.434 e. The van der Waals surface area contributed by atoms with Gasteiger partial charge in [0.25, 0.3) is 0 Å². The van der Waals surface area contributed by atoms with Crippen LogP contribution in [-0.4, -0.2) is 67.1 Å².